The maximum atomic E-state index is 12.7. The van der Waals surface area contributed by atoms with Gasteiger partial charge in [0.1, 0.15) is 0 Å². The Morgan fingerprint density at radius 1 is 1.11 bits per heavy atom. The Labute approximate surface area is 115 Å². The molecule has 3 aliphatic rings. The molecule has 0 bridgehead atoms. The molecule has 4 heteroatoms. The molecule has 108 valence electrons. The van der Waals surface area contributed by atoms with E-state index in [2.05, 4.69) is 10.2 Å². The second-order valence-corrected chi connectivity index (χ2v) is 6.21. The minimum atomic E-state index is 0.121. The molecule has 0 aliphatic carbocycles. The lowest BCUT2D eigenvalue weighted by Crippen LogP contribution is -2.54. The second-order valence-electron chi connectivity index (χ2n) is 6.21. The minimum Gasteiger partial charge on any atom is -0.381 e. The highest BCUT2D eigenvalue weighted by Crippen LogP contribution is 2.27. The number of carbonyl (C=O) groups is 1. The van der Waals surface area contributed by atoms with E-state index < -0.39 is 0 Å². The highest BCUT2D eigenvalue weighted by Gasteiger charge is 2.37. The summed E-state index contributed by atoms with van der Waals surface area (Å²) >= 11 is 0. The maximum Gasteiger partial charge on any atom is 0.228 e. The van der Waals surface area contributed by atoms with Gasteiger partial charge in [0.05, 0.1) is 12.5 Å². The first-order valence-corrected chi connectivity index (χ1v) is 7.98. The van der Waals surface area contributed by atoms with E-state index in [0.717, 1.165) is 32.5 Å². The summed E-state index contributed by atoms with van der Waals surface area (Å²) in [7, 11) is 0. The molecule has 0 radical (unpaired) electrons. The summed E-state index contributed by atoms with van der Waals surface area (Å²) in [5.74, 6) is 0.480. The Hall–Kier alpha value is -0.610. The Morgan fingerprint density at radius 3 is 2.79 bits per heavy atom. The van der Waals surface area contributed by atoms with Crippen LogP contribution < -0.4 is 5.32 Å². The van der Waals surface area contributed by atoms with Crippen molar-refractivity contribution in [1.29, 1.82) is 0 Å². The Kier molecular flexibility index (Phi) is 4.38. The van der Waals surface area contributed by atoms with Crippen LogP contribution in [-0.4, -0.2) is 49.2 Å². The lowest BCUT2D eigenvalue weighted by molar-refractivity contribution is -0.144. The van der Waals surface area contributed by atoms with Crippen LogP contribution in [0.25, 0.3) is 0 Å². The zero-order valence-corrected chi connectivity index (χ0v) is 11.8. The molecule has 0 spiro atoms. The van der Waals surface area contributed by atoms with Crippen LogP contribution in [0.1, 0.15) is 44.9 Å². The number of nitrogens with one attached hydrogen (secondary N) is 1. The van der Waals surface area contributed by atoms with Gasteiger partial charge < -0.3 is 15.0 Å². The highest BCUT2D eigenvalue weighted by atomic mass is 16.5. The van der Waals surface area contributed by atoms with Crippen LogP contribution >= 0.6 is 0 Å². The number of carbonyl (C=O) groups excluding carboxylic acids is 1. The Bertz CT molecular complexity index is 309. The molecule has 0 saturated carbocycles. The molecular formula is C15H26N2O2. The van der Waals surface area contributed by atoms with E-state index in [0.29, 0.717) is 24.6 Å². The van der Waals surface area contributed by atoms with E-state index in [-0.39, 0.29) is 5.92 Å². The molecule has 3 atom stereocenters. The molecule has 3 rings (SSSR count). The predicted octanol–water partition coefficient (Wildman–Crippen LogP) is 1.55. The van der Waals surface area contributed by atoms with E-state index in [1.165, 1.54) is 32.1 Å². The molecule has 1 amide bonds. The van der Waals surface area contributed by atoms with Crippen LogP contribution in [-0.2, 0) is 9.53 Å². The lowest BCUT2D eigenvalue weighted by atomic mass is 9.91. The van der Waals surface area contributed by atoms with E-state index in [9.17, 15) is 4.79 Å². The highest BCUT2D eigenvalue weighted by molar-refractivity contribution is 5.79. The van der Waals surface area contributed by atoms with Gasteiger partial charge in [-0.05, 0) is 51.5 Å². The van der Waals surface area contributed by atoms with Crippen LogP contribution in [0.5, 0.6) is 0 Å². The first-order valence-electron chi connectivity index (χ1n) is 7.98. The molecule has 4 nitrogen and oxygen atoms in total. The summed E-state index contributed by atoms with van der Waals surface area (Å²) < 4.78 is 5.49. The Morgan fingerprint density at radius 2 is 2.05 bits per heavy atom. The summed E-state index contributed by atoms with van der Waals surface area (Å²) in [4.78, 5) is 14.9. The fourth-order valence-electron chi connectivity index (χ4n) is 3.86. The summed E-state index contributed by atoms with van der Waals surface area (Å²) in [6, 6.07) is 0.972. The third-order valence-electron chi connectivity index (χ3n) is 4.90. The zero-order chi connectivity index (χ0) is 13.1. The summed E-state index contributed by atoms with van der Waals surface area (Å²) in [6.45, 7) is 3.55. The predicted molar refractivity (Wildman–Crippen MR) is 73.9 cm³/mol. The Balaban J connectivity index is 1.66. The molecule has 0 aromatic heterocycles. The molecule has 0 aromatic rings. The van der Waals surface area contributed by atoms with Gasteiger partial charge >= 0.3 is 0 Å². The standard InChI is InChI=1S/C15H26N2O2/c18-15(12-5-4-10-19-11-12)17-9-2-1-7-14(17)13-6-3-8-16-13/h12-14,16H,1-11H2. The van der Waals surface area contributed by atoms with Gasteiger partial charge in [-0.25, -0.2) is 0 Å². The minimum absolute atomic E-state index is 0.121. The second kappa shape index (κ2) is 6.23. The average molecular weight is 266 g/mol. The van der Waals surface area contributed by atoms with Crippen LogP contribution in [0.3, 0.4) is 0 Å². The molecule has 3 heterocycles. The normalized spacial score (nSPS) is 36.4. The number of hydrogen-bond acceptors (Lipinski definition) is 3. The van der Waals surface area contributed by atoms with Crippen LogP contribution in [0.15, 0.2) is 0 Å². The number of hydrogen-bond donors (Lipinski definition) is 1. The van der Waals surface area contributed by atoms with Crippen molar-refractivity contribution in [1.82, 2.24) is 10.2 Å². The summed E-state index contributed by atoms with van der Waals surface area (Å²) in [5, 5.41) is 3.59. The quantitative estimate of drug-likeness (QED) is 0.824. The first-order chi connectivity index (χ1) is 9.36. The smallest absolute Gasteiger partial charge is 0.228 e. The topological polar surface area (TPSA) is 41.6 Å². The van der Waals surface area contributed by atoms with E-state index in [1.54, 1.807) is 0 Å². The first kappa shape index (κ1) is 13.4. The van der Waals surface area contributed by atoms with Gasteiger partial charge in [0.15, 0.2) is 0 Å². The number of piperidine rings is 1. The number of nitrogens with zero attached hydrogens (tertiary/aromatic N) is 1. The summed E-state index contributed by atoms with van der Waals surface area (Å²) in [5.41, 5.74) is 0. The summed E-state index contributed by atoms with van der Waals surface area (Å²) in [6.07, 6.45) is 8.16. The van der Waals surface area contributed by atoms with Crippen molar-refractivity contribution in [2.75, 3.05) is 26.3 Å². The zero-order valence-electron chi connectivity index (χ0n) is 11.8. The van der Waals surface area contributed by atoms with Crippen LogP contribution in [0, 0.1) is 5.92 Å². The van der Waals surface area contributed by atoms with Gasteiger partial charge in [0.2, 0.25) is 5.91 Å². The largest absolute Gasteiger partial charge is 0.381 e. The van der Waals surface area contributed by atoms with E-state index in [1.807, 2.05) is 0 Å². The molecule has 1 N–H and O–H groups in total. The van der Waals surface area contributed by atoms with Crippen molar-refractivity contribution < 1.29 is 9.53 Å². The number of rotatable bonds is 2. The van der Waals surface area contributed by atoms with E-state index >= 15 is 0 Å². The van der Waals surface area contributed by atoms with Crippen molar-refractivity contribution >= 4 is 5.91 Å². The number of amides is 1. The molecule has 3 saturated heterocycles. The fraction of sp³-hybridized carbons (Fsp3) is 0.933. The van der Waals surface area contributed by atoms with Gasteiger partial charge in [0.25, 0.3) is 0 Å². The fourth-order valence-corrected chi connectivity index (χ4v) is 3.86. The molecule has 3 aliphatic heterocycles. The third-order valence-corrected chi connectivity index (χ3v) is 4.90. The number of ether oxygens (including phenoxy) is 1. The third kappa shape index (κ3) is 2.95. The molecule has 19 heavy (non-hydrogen) atoms. The van der Waals surface area contributed by atoms with Crippen molar-refractivity contribution in [2.24, 2.45) is 5.92 Å². The van der Waals surface area contributed by atoms with Crippen molar-refractivity contribution in [3.8, 4) is 0 Å². The molecule has 3 fully saturated rings. The number of likely N-dealkylation sites (tertiary alicyclic amines) is 1. The monoisotopic (exact) mass is 266 g/mol. The van der Waals surface area contributed by atoms with Gasteiger partial charge in [-0.15, -0.1) is 0 Å². The SMILES string of the molecule is O=C(C1CCCOC1)N1CCCCC1C1CCCN1. The lowest BCUT2D eigenvalue weighted by Gasteiger charge is -2.41. The van der Waals surface area contributed by atoms with Crippen LogP contribution in [0.4, 0.5) is 0 Å². The van der Waals surface area contributed by atoms with Crippen LogP contribution in [0.2, 0.25) is 0 Å². The van der Waals surface area contributed by atoms with Crippen molar-refractivity contribution in [3.63, 3.8) is 0 Å². The van der Waals surface area contributed by atoms with Crippen molar-refractivity contribution in [3.05, 3.63) is 0 Å². The maximum absolute atomic E-state index is 12.7. The molecule has 0 aromatic carbocycles. The van der Waals surface area contributed by atoms with Gasteiger partial charge in [0, 0.05) is 25.2 Å². The van der Waals surface area contributed by atoms with E-state index in [4.69, 9.17) is 4.74 Å². The average Bonchev–Trinajstić information content (AvgIpc) is 3.01. The van der Waals surface area contributed by atoms with Gasteiger partial charge in [-0.1, -0.05) is 0 Å². The van der Waals surface area contributed by atoms with Gasteiger partial charge in [-0.3, -0.25) is 4.79 Å². The van der Waals surface area contributed by atoms with Gasteiger partial charge in [-0.2, -0.15) is 0 Å². The molecule has 3 unspecified atom stereocenters. The molecular weight excluding hydrogens is 240 g/mol. The van der Waals surface area contributed by atoms with Crippen molar-refractivity contribution in [2.45, 2.75) is 57.0 Å².